The third-order valence-electron chi connectivity index (χ3n) is 1.50. The summed E-state index contributed by atoms with van der Waals surface area (Å²) in [6.45, 7) is 0.0954. The van der Waals surface area contributed by atoms with Crippen molar-refractivity contribution in [2.45, 2.75) is 25.0 Å². The molecule has 1 rings (SSSR count). The number of hydrogen-bond acceptors (Lipinski definition) is 2. The highest BCUT2D eigenvalue weighted by Gasteiger charge is 2.22. The van der Waals surface area contributed by atoms with E-state index in [1.165, 1.54) is 0 Å². The smallest absolute Gasteiger partial charge is 0.118 e. The molecule has 0 spiro atoms. The van der Waals surface area contributed by atoms with Crippen molar-refractivity contribution in [2.24, 2.45) is 0 Å². The Kier molecular flexibility index (Phi) is 2.10. The third-order valence-corrected chi connectivity index (χ3v) is 1.50. The maximum atomic E-state index is 8.59. The van der Waals surface area contributed by atoms with Crippen molar-refractivity contribution in [1.29, 1.82) is 0 Å². The quantitative estimate of drug-likeness (QED) is 0.507. The minimum atomic E-state index is -0.0536. The molecule has 0 radical (unpaired) electrons. The van der Waals surface area contributed by atoms with Gasteiger partial charge in [0.15, 0.2) is 0 Å². The molecule has 0 amide bonds. The second kappa shape index (κ2) is 2.86. The zero-order valence-corrected chi connectivity index (χ0v) is 5.21. The van der Waals surface area contributed by atoms with Crippen molar-refractivity contribution in [1.82, 2.24) is 0 Å². The normalized spacial score (nSPS) is 34.2. The molecule has 0 aromatic heterocycles. The zero-order valence-electron chi connectivity index (χ0n) is 5.21. The number of aliphatic hydroxyl groups excluding tert-OH is 1. The predicted octanol–water partition coefficient (Wildman–Crippen LogP) is 0.160. The molecule has 0 saturated carbocycles. The number of ether oxygens (including phenoxy) is 1. The molecule has 9 heavy (non-hydrogen) atoms. The van der Waals surface area contributed by atoms with Gasteiger partial charge in [-0.1, -0.05) is 5.92 Å². The van der Waals surface area contributed by atoms with Gasteiger partial charge in [-0.05, 0) is 12.8 Å². The molecule has 1 N–H and O–H groups in total. The van der Waals surface area contributed by atoms with Crippen LogP contribution in [0, 0.1) is 12.3 Å². The summed E-state index contributed by atoms with van der Waals surface area (Å²) in [4.78, 5) is 0. The monoisotopic (exact) mass is 126 g/mol. The lowest BCUT2D eigenvalue weighted by Gasteiger charge is -2.04. The minimum absolute atomic E-state index is 0.00829. The molecular formula is C7H10O2. The highest BCUT2D eigenvalue weighted by atomic mass is 16.5. The Morgan fingerprint density at radius 1 is 1.67 bits per heavy atom. The largest absolute Gasteiger partial charge is 0.394 e. The fraction of sp³-hybridized carbons (Fsp3) is 0.714. The van der Waals surface area contributed by atoms with Gasteiger partial charge in [-0.15, -0.1) is 6.42 Å². The van der Waals surface area contributed by atoms with Gasteiger partial charge >= 0.3 is 0 Å². The summed E-state index contributed by atoms with van der Waals surface area (Å²) in [5.41, 5.74) is 0. The topological polar surface area (TPSA) is 29.5 Å². The Balaban J connectivity index is 2.31. The summed E-state index contributed by atoms with van der Waals surface area (Å²) in [5.74, 6) is 2.49. The van der Waals surface area contributed by atoms with E-state index < -0.39 is 0 Å². The first-order valence-electron chi connectivity index (χ1n) is 3.09. The Labute approximate surface area is 54.8 Å². The third kappa shape index (κ3) is 1.44. The molecule has 2 heteroatoms. The lowest BCUT2D eigenvalue weighted by atomic mass is 10.2. The molecule has 0 aliphatic carbocycles. The predicted molar refractivity (Wildman–Crippen MR) is 33.8 cm³/mol. The molecule has 0 aromatic carbocycles. The average Bonchev–Trinajstić information content (AvgIpc) is 2.34. The molecule has 0 bridgehead atoms. The van der Waals surface area contributed by atoms with Crippen molar-refractivity contribution in [2.75, 3.05) is 6.61 Å². The van der Waals surface area contributed by atoms with Gasteiger partial charge in [0, 0.05) is 0 Å². The molecule has 1 aliphatic rings. The maximum absolute atomic E-state index is 8.59. The maximum Gasteiger partial charge on any atom is 0.118 e. The molecule has 1 aliphatic heterocycles. The second-order valence-corrected chi connectivity index (χ2v) is 2.17. The SMILES string of the molecule is C#C[C@@H]1CC[C@H](CO)O1. The lowest BCUT2D eigenvalue weighted by molar-refractivity contribution is 0.0347. The lowest BCUT2D eigenvalue weighted by Crippen LogP contribution is -2.12. The first kappa shape index (κ1) is 6.60. The Morgan fingerprint density at radius 3 is 2.78 bits per heavy atom. The van der Waals surface area contributed by atoms with Crippen molar-refractivity contribution in [3.05, 3.63) is 0 Å². The van der Waals surface area contributed by atoms with Crippen LogP contribution < -0.4 is 0 Å². The fourth-order valence-corrected chi connectivity index (χ4v) is 0.963. The number of aliphatic hydroxyl groups is 1. The second-order valence-electron chi connectivity index (χ2n) is 2.17. The number of terminal acetylenes is 1. The molecule has 1 heterocycles. The van der Waals surface area contributed by atoms with Gasteiger partial charge < -0.3 is 9.84 Å². The van der Waals surface area contributed by atoms with E-state index in [0.29, 0.717) is 0 Å². The highest BCUT2D eigenvalue weighted by molar-refractivity contribution is 4.97. The van der Waals surface area contributed by atoms with Crippen LogP contribution in [0.25, 0.3) is 0 Å². The number of hydrogen-bond donors (Lipinski definition) is 1. The summed E-state index contributed by atoms with van der Waals surface area (Å²) in [5, 5.41) is 8.59. The van der Waals surface area contributed by atoms with E-state index in [1.54, 1.807) is 0 Å². The van der Waals surface area contributed by atoms with Crippen molar-refractivity contribution in [3.63, 3.8) is 0 Å². The molecule has 0 aromatic rings. The first-order chi connectivity index (χ1) is 4.36. The van der Waals surface area contributed by atoms with E-state index in [2.05, 4.69) is 5.92 Å². The van der Waals surface area contributed by atoms with E-state index in [1.807, 2.05) is 0 Å². The summed E-state index contributed by atoms with van der Waals surface area (Å²) in [6, 6.07) is 0. The Bertz CT molecular complexity index is 125. The molecule has 1 fully saturated rings. The van der Waals surface area contributed by atoms with E-state index >= 15 is 0 Å². The van der Waals surface area contributed by atoms with Crippen LogP contribution in [0.2, 0.25) is 0 Å². The van der Waals surface area contributed by atoms with E-state index in [9.17, 15) is 0 Å². The molecule has 1 saturated heterocycles. The van der Waals surface area contributed by atoms with Gasteiger partial charge in [0.2, 0.25) is 0 Å². The zero-order chi connectivity index (χ0) is 6.69. The van der Waals surface area contributed by atoms with E-state index in [0.717, 1.165) is 12.8 Å². The van der Waals surface area contributed by atoms with Crippen LogP contribution in [0.3, 0.4) is 0 Å². The van der Waals surface area contributed by atoms with E-state index in [-0.39, 0.29) is 18.8 Å². The van der Waals surface area contributed by atoms with Gasteiger partial charge in [-0.25, -0.2) is 0 Å². The van der Waals surface area contributed by atoms with Crippen LogP contribution in [0.15, 0.2) is 0 Å². The first-order valence-corrected chi connectivity index (χ1v) is 3.09. The number of rotatable bonds is 1. The molecule has 2 atom stereocenters. The van der Waals surface area contributed by atoms with Gasteiger partial charge in [0.1, 0.15) is 6.10 Å². The minimum Gasteiger partial charge on any atom is -0.394 e. The van der Waals surface area contributed by atoms with Crippen molar-refractivity contribution >= 4 is 0 Å². The van der Waals surface area contributed by atoms with Crippen molar-refractivity contribution < 1.29 is 9.84 Å². The summed E-state index contributed by atoms with van der Waals surface area (Å²) in [7, 11) is 0. The van der Waals surface area contributed by atoms with Gasteiger partial charge in [0.25, 0.3) is 0 Å². The fourth-order valence-electron chi connectivity index (χ4n) is 0.963. The van der Waals surface area contributed by atoms with Crippen LogP contribution in [-0.4, -0.2) is 23.9 Å². The molecule has 0 unspecified atom stereocenters. The summed E-state index contributed by atoms with van der Waals surface area (Å²) >= 11 is 0. The van der Waals surface area contributed by atoms with Crippen LogP contribution in [0.1, 0.15) is 12.8 Å². The Hall–Kier alpha value is -0.520. The van der Waals surface area contributed by atoms with Gasteiger partial charge in [0.05, 0.1) is 12.7 Å². The van der Waals surface area contributed by atoms with Gasteiger partial charge in [-0.2, -0.15) is 0 Å². The Morgan fingerprint density at radius 2 is 2.44 bits per heavy atom. The highest BCUT2D eigenvalue weighted by Crippen LogP contribution is 2.17. The molecule has 2 nitrogen and oxygen atoms in total. The van der Waals surface area contributed by atoms with Crippen LogP contribution in [0.5, 0.6) is 0 Å². The van der Waals surface area contributed by atoms with E-state index in [4.69, 9.17) is 16.3 Å². The molecular weight excluding hydrogens is 116 g/mol. The van der Waals surface area contributed by atoms with Crippen LogP contribution >= 0.6 is 0 Å². The van der Waals surface area contributed by atoms with Crippen LogP contribution in [-0.2, 0) is 4.74 Å². The average molecular weight is 126 g/mol. The van der Waals surface area contributed by atoms with Crippen molar-refractivity contribution in [3.8, 4) is 12.3 Å². The van der Waals surface area contributed by atoms with Gasteiger partial charge in [-0.3, -0.25) is 0 Å². The van der Waals surface area contributed by atoms with Crippen LogP contribution in [0.4, 0.5) is 0 Å². The standard InChI is InChI=1S/C7H10O2/c1-2-6-3-4-7(5-8)9-6/h1,6-8H,3-5H2/t6-,7-/m1/s1. The summed E-state index contributed by atoms with van der Waals surface area (Å²) < 4.78 is 5.17. The molecule has 50 valence electrons. The summed E-state index contributed by atoms with van der Waals surface area (Å²) in [6.07, 6.45) is 6.82.